The number of hydrogen-bond acceptors (Lipinski definition) is 21. The van der Waals surface area contributed by atoms with Gasteiger partial charge in [0.25, 0.3) is 17.1 Å². The Morgan fingerprint density at radius 1 is 0.589 bits per heavy atom. The lowest BCUT2D eigenvalue weighted by Gasteiger charge is -2.29. The first-order valence-corrected chi connectivity index (χ1v) is 35.6. The Bertz CT molecular complexity index is 3990. The second-order valence-corrected chi connectivity index (χ2v) is 27.1. The fraction of sp³-hybridized carbons (Fsp3) is 0.392. The van der Waals surface area contributed by atoms with Gasteiger partial charge in [-0.25, -0.2) is 4.79 Å². The average Bonchev–Trinajstić information content (AvgIpc) is 1.80. The molecule has 7 N–H and O–H groups in total. The molecular formula is C74H91Cl5N10O18. The molecule has 0 radical (unpaired) electrons. The summed E-state index contributed by atoms with van der Waals surface area (Å²) in [5.74, 6) is 0.382. The molecule has 2 fully saturated rings. The van der Waals surface area contributed by atoms with Crippen molar-refractivity contribution in [1.29, 1.82) is 0 Å². The van der Waals surface area contributed by atoms with E-state index >= 15 is 0 Å². The Morgan fingerprint density at radius 2 is 1.00 bits per heavy atom. The number of amides is 2. The van der Waals surface area contributed by atoms with E-state index in [1.54, 1.807) is 25.1 Å². The van der Waals surface area contributed by atoms with Crippen molar-refractivity contribution in [3.8, 4) is 0 Å². The molecule has 33 heteroatoms. The largest absolute Gasteiger partial charge is 0.481 e. The van der Waals surface area contributed by atoms with Crippen LogP contribution in [0, 0.1) is 40.5 Å². The van der Waals surface area contributed by atoms with E-state index in [1.165, 1.54) is 94.3 Å². The molecule has 8 rings (SSSR count). The summed E-state index contributed by atoms with van der Waals surface area (Å²) in [6.07, 6.45) is 2.79. The number of alkyl halides is 5. The molecule has 107 heavy (non-hydrogen) atoms. The lowest BCUT2D eigenvalue weighted by molar-refractivity contribution is -0.490. The molecule has 0 saturated carbocycles. The van der Waals surface area contributed by atoms with Gasteiger partial charge in [0.2, 0.25) is 18.4 Å². The minimum atomic E-state index is -1.16. The smallest absolute Gasteiger partial charge is 0.330 e. The number of nitrogens with one attached hydrogen (secondary N) is 2. The normalized spacial score (nSPS) is 15.6. The Hall–Kier alpha value is -9.84. The number of non-ortho nitro benzene ring substituents is 3. The molecule has 2 amide bonds. The number of rotatable bonds is 28. The third-order valence-corrected chi connectivity index (χ3v) is 17.6. The van der Waals surface area contributed by atoms with E-state index in [9.17, 15) is 69.2 Å². The number of aldehydes is 1. The number of hydrogen-bond donors (Lipinski definition) is 5. The molecule has 6 aromatic rings. The number of aliphatic carboxylic acids is 1. The highest BCUT2D eigenvalue weighted by Crippen LogP contribution is 2.36. The van der Waals surface area contributed by atoms with Crippen LogP contribution in [0.3, 0.4) is 0 Å². The molecule has 2 saturated heterocycles. The highest BCUT2D eigenvalue weighted by atomic mass is 35.5. The topological polar surface area (TPSA) is 413 Å². The number of nitrogens with zero attached hydrogens (tertiary/aromatic N) is 6. The van der Waals surface area contributed by atoms with E-state index in [0.29, 0.717) is 91.1 Å². The first-order valence-electron chi connectivity index (χ1n) is 33.0. The zero-order valence-corrected chi connectivity index (χ0v) is 64.4. The van der Waals surface area contributed by atoms with Gasteiger partial charge in [-0.05, 0) is 90.6 Å². The van der Waals surface area contributed by atoms with Gasteiger partial charge in [0.15, 0.2) is 5.78 Å². The van der Waals surface area contributed by atoms with E-state index in [-0.39, 0.29) is 70.8 Å². The van der Waals surface area contributed by atoms with E-state index in [4.69, 9.17) is 79.4 Å². The van der Waals surface area contributed by atoms with Gasteiger partial charge >= 0.3 is 17.9 Å². The molecule has 0 aromatic heterocycles. The van der Waals surface area contributed by atoms with Gasteiger partial charge in [0.05, 0.1) is 53.1 Å². The number of allylic oxidation sites excluding steroid dienone is 1. The van der Waals surface area contributed by atoms with Gasteiger partial charge in [-0.1, -0.05) is 93.6 Å². The number of nitrogen functional groups attached to an aromatic ring is 1. The van der Waals surface area contributed by atoms with Crippen molar-refractivity contribution in [2.75, 3.05) is 112 Å². The maximum Gasteiger partial charge on any atom is 0.330 e. The minimum absolute atomic E-state index is 0.00202. The van der Waals surface area contributed by atoms with Crippen molar-refractivity contribution in [1.82, 2.24) is 10.6 Å². The number of nitrogens with two attached hydrogens (primary N) is 2. The van der Waals surface area contributed by atoms with E-state index in [0.717, 1.165) is 41.3 Å². The van der Waals surface area contributed by atoms with Gasteiger partial charge in [-0.2, -0.15) is 0 Å². The maximum atomic E-state index is 11.5. The number of anilines is 3. The number of ketones is 1. The van der Waals surface area contributed by atoms with Crippen LogP contribution < -0.4 is 31.9 Å². The van der Waals surface area contributed by atoms with Gasteiger partial charge < -0.3 is 51.3 Å². The van der Waals surface area contributed by atoms with Crippen LogP contribution in [0.2, 0.25) is 0 Å². The average molecular weight is 1590 g/mol. The van der Waals surface area contributed by atoms with Crippen molar-refractivity contribution >= 4 is 139 Å². The molecule has 0 aliphatic carbocycles. The number of benzene rings is 6. The molecule has 4 unspecified atom stereocenters. The fourth-order valence-electron chi connectivity index (χ4n) is 10.7. The monoisotopic (exact) mass is 1580 g/mol. The van der Waals surface area contributed by atoms with Crippen molar-refractivity contribution < 1.29 is 67.8 Å². The van der Waals surface area contributed by atoms with Gasteiger partial charge in [0.1, 0.15) is 6.29 Å². The zero-order chi connectivity index (χ0) is 80.7. The minimum Gasteiger partial charge on any atom is -0.481 e. The van der Waals surface area contributed by atoms with Gasteiger partial charge in [-0.3, -0.25) is 64.4 Å². The maximum absolute atomic E-state index is 11.5. The molecular weight excluding hydrogens is 1490 g/mol. The molecule has 28 nitrogen and oxygen atoms in total. The van der Waals surface area contributed by atoms with Crippen LogP contribution in [0.25, 0.3) is 5.57 Å². The molecule has 0 bridgehead atoms. The Balaban J connectivity index is 0.000000435. The fourth-order valence-corrected chi connectivity index (χ4v) is 11.6. The number of nitro groups is 4. The lowest BCUT2D eigenvalue weighted by atomic mass is 9.79. The highest BCUT2D eigenvalue weighted by Gasteiger charge is 2.38. The summed E-state index contributed by atoms with van der Waals surface area (Å²) < 4.78 is 9.00. The summed E-state index contributed by atoms with van der Waals surface area (Å²) in [6.45, 7) is 14.7. The molecule has 580 valence electrons. The van der Waals surface area contributed by atoms with Crippen LogP contribution in [0.1, 0.15) is 105 Å². The summed E-state index contributed by atoms with van der Waals surface area (Å²) in [7, 11) is 2.46. The summed E-state index contributed by atoms with van der Waals surface area (Å²) in [5.41, 5.74) is 17.4. The number of carboxylic acids is 1. The third kappa shape index (κ3) is 32.0. The lowest BCUT2D eigenvalue weighted by Crippen LogP contribution is -2.35. The van der Waals surface area contributed by atoms with Crippen molar-refractivity contribution in [3.63, 3.8) is 0 Å². The van der Waals surface area contributed by atoms with Crippen molar-refractivity contribution in [2.24, 2.45) is 5.73 Å². The predicted octanol–water partition coefficient (Wildman–Crippen LogP) is 12.5. The summed E-state index contributed by atoms with van der Waals surface area (Å²) in [5, 5.41) is 57.2. The Kier molecular flexibility index (Phi) is 40.9. The second kappa shape index (κ2) is 47.0. The summed E-state index contributed by atoms with van der Waals surface area (Å²) >= 11 is 28.2. The van der Waals surface area contributed by atoms with E-state index in [2.05, 4.69) is 62.0 Å². The number of carbonyl (C=O) groups excluding carboxylic acids is 6. The number of carboxylic acid groups (broad SMARTS) is 1. The Morgan fingerprint density at radius 3 is 1.39 bits per heavy atom. The third-order valence-electron chi connectivity index (χ3n) is 16.8. The molecule has 2 aliphatic rings. The van der Waals surface area contributed by atoms with Gasteiger partial charge in [0, 0.05) is 168 Å². The van der Waals surface area contributed by atoms with Crippen LogP contribution in [-0.2, 0) is 59.9 Å². The first kappa shape index (κ1) is 93.2. The molecule has 0 spiro atoms. The van der Waals surface area contributed by atoms with E-state index < -0.39 is 55.0 Å². The molecule has 2 aliphatic heterocycles. The SMILES string of the molecule is CC(=O)c1cccc([N+](=O)[O-])c1.CC(CN)(CC(=O)O)c1cccc(N(CCCl)CCCl)c1.CC1(c2cccc(N(CCCl)CCCl)c2)CNC(=O)C1.CC1(c2cccc(N)c2)CNC(=O)C1.COC(=O)C=C(C)c1cccc([N+](=O)[O-])c1.COC(=O)CC(C)(C[N+](=O)[O-])c1cccc([N+](=O)[O-])c1.O=CCCl. The molecule has 4 atom stereocenters. The van der Waals surface area contributed by atoms with Crippen LogP contribution in [0.4, 0.5) is 34.1 Å². The van der Waals surface area contributed by atoms with Crippen molar-refractivity contribution in [3.05, 3.63) is 226 Å². The number of methoxy groups -OCH3 is 2. The van der Waals surface area contributed by atoms with Crippen LogP contribution >= 0.6 is 58.0 Å². The highest BCUT2D eigenvalue weighted by molar-refractivity contribution is 6.24. The quantitative estimate of drug-likeness (QED) is 0.00445. The summed E-state index contributed by atoms with van der Waals surface area (Å²) in [6, 6.07) is 41.1. The summed E-state index contributed by atoms with van der Waals surface area (Å²) in [4.78, 5) is 120. The molecule has 6 aromatic carbocycles. The predicted molar refractivity (Wildman–Crippen MR) is 417 cm³/mol. The standard InChI is InChI=1S/C15H22Cl2N2O2.C15H20Cl2N2O.C12H14N2O6.C11H14N2O.C11H11NO4.C8H7NO3.C2H3ClO/c1-15(11-18,10-14(20)21)12-3-2-4-13(9-12)19(7-5-16)8-6-17;1-15(10-14(20)18-11-15)12-3-2-4-13(9-12)19(7-5-16)8-6-17;1-12(8-13(16)17,7-11(15)20-2)9-4-3-5-10(6-9)14(18)19;1-11(6-10(14)13-7-11)8-3-2-4-9(12)5-8;1-8(6-11(13)16-2)9-4-3-5-10(7-9)12(14)15;1-6(10)7-3-2-4-8(5-7)9(11)12;3-1-2-4/h2-4,9H,5-8,10-11,18H2,1H3,(H,20,21);2-4,9H,5-8,10-11H2,1H3,(H,18,20);3-6H,7-8H2,1-2H3;2-5H,6-7,12H2,1H3,(H,13,14);3-7H,1-2H3;2-5H,1H3;2H,1H2. The number of nitro benzene ring substituents is 3. The number of carbonyl (C=O) groups is 7. The molecule has 2 heterocycles. The van der Waals surface area contributed by atoms with Crippen LogP contribution in [0.15, 0.2) is 152 Å². The second-order valence-electron chi connectivity index (χ2n) is 25.3. The Labute approximate surface area is 645 Å². The van der Waals surface area contributed by atoms with E-state index in [1.807, 2.05) is 61.5 Å². The van der Waals surface area contributed by atoms with Crippen molar-refractivity contribution in [2.45, 2.75) is 88.9 Å². The van der Waals surface area contributed by atoms with Gasteiger partial charge in [-0.15, -0.1) is 58.0 Å². The first-order chi connectivity index (χ1) is 50.5. The van der Waals surface area contributed by atoms with Crippen LogP contribution in [-0.4, -0.2) is 163 Å². The number of ether oxygens (including phenoxy) is 2. The zero-order valence-electron chi connectivity index (χ0n) is 60.6. The number of Topliss-reactive ketones (excluding diaryl/α,β-unsaturated/α-hetero) is 1. The van der Waals surface area contributed by atoms with Crippen LogP contribution in [0.5, 0.6) is 0 Å². The number of esters is 2. The number of halogens is 5.